The molecule has 0 amide bonds. The van der Waals surface area contributed by atoms with Crippen LogP contribution in [0.2, 0.25) is 1.41 Å². The van der Waals surface area contributed by atoms with Gasteiger partial charge in [-0.25, -0.2) is 0 Å². The second-order valence-corrected chi connectivity index (χ2v) is 0.764. The van der Waals surface area contributed by atoms with Gasteiger partial charge in [0.25, 0.3) is 0 Å². The predicted octanol–water partition coefficient (Wildman–Crippen LogP) is 0.659. The number of dihydropyridines is 1. The molecule has 1 aliphatic rings. The van der Waals surface area contributed by atoms with Crippen LogP contribution in [0.5, 0.6) is 0 Å². The van der Waals surface area contributed by atoms with E-state index >= 15 is 0 Å². The Bertz CT molecular complexity index is 241. The number of hydrogen-bond acceptors (Lipinski definition) is 1. The second-order valence-electron chi connectivity index (χ2n) is 0.764. The molecule has 1 unspecified atom stereocenters. The Labute approximate surface area is 45.9 Å². The summed E-state index contributed by atoms with van der Waals surface area (Å²) in [6.07, 6.45) is -0.504. The van der Waals surface area contributed by atoms with E-state index in [0.717, 1.165) is 0 Å². The molecule has 32 valence electrons. The molecule has 0 bridgehead atoms. The third-order valence-corrected chi connectivity index (χ3v) is 0.384. The van der Waals surface area contributed by atoms with Crippen molar-refractivity contribution in [1.82, 2.24) is 5.31 Å². The standard InChI is InChI=1S/C5H7N/c1-2-4-6-5-3-1/h1-4,6H,5H2/i1D,2D,3D,4D,5D/hD. The van der Waals surface area contributed by atoms with Gasteiger partial charge in [-0.3, -0.25) is 0 Å². The van der Waals surface area contributed by atoms with Crippen molar-refractivity contribution in [2.24, 2.45) is 0 Å². The quantitative estimate of drug-likeness (QED) is 0.457. The van der Waals surface area contributed by atoms with Crippen molar-refractivity contribution < 1.29 is 8.27 Å². The summed E-state index contributed by atoms with van der Waals surface area (Å²) >= 11 is 0. The van der Waals surface area contributed by atoms with Gasteiger partial charge >= 0.3 is 0 Å². The average molecular weight is 87.2 g/mol. The van der Waals surface area contributed by atoms with Crippen LogP contribution < -0.4 is 5.31 Å². The molecular weight excluding hydrogens is 74.1 g/mol. The van der Waals surface area contributed by atoms with Crippen molar-refractivity contribution in [3.8, 4) is 0 Å². The van der Waals surface area contributed by atoms with E-state index in [4.69, 9.17) is 8.27 Å². The van der Waals surface area contributed by atoms with Crippen LogP contribution in [0.3, 0.4) is 0 Å². The van der Waals surface area contributed by atoms with Gasteiger partial charge in [0.1, 0.15) is 0 Å². The van der Waals surface area contributed by atoms with Crippen molar-refractivity contribution in [3.63, 3.8) is 0 Å². The maximum atomic E-state index is 7.17. The van der Waals surface area contributed by atoms with Gasteiger partial charge in [0.05, 0.1) is 6.85 Å². The fraction of sp³-hybridized carbons (Fsp3) is 0.200. The first-order valence-corrected chi connectivity index (χ1v) is 1.52. The first kappa shape index (κ1) is 0.760. The lowest BCUT2D eigenvalue weighted by atomic mass is 10.4. The minimum Gasteiger partial charge on any atom is -0.387 e. The molecule has 0 aromatic carbocycles. The van der Waals surface area contributed by atoms with E-state index < -0.39 is 30.9 Å². The van der Waals surface area contributed by atoms with Gasteiger partial charge in [-0.1, -0.05) is 12.1 Å². The molecule has 1 aliphatic heterocycles. The Morgan fingerprint density at radius 1 is 2.00 bits per heavy atom. The normalized spacial score (nSPS) is 52.0. The Balaban J connectivity index is 3.18. The van der Waals surface area contributed by atoms with E-state index in [1.807, 2.05) is 0 Å². The summed E-state index contributed by atoms with van der Waals surface area (Å²) in [6.45, 7) is -1.35. The van der Waals surface area contributed by atoms with Crippen molar-refractivity contribution in [1.29, 1.82) is 0 Å². The fourth-order valence-electron chi connectivity index (χ4n) is 0.193. The van der Waals surface area contributed by atoms with Crippen LogP contribution in [0, 0.1) is 0 Å². The van der Waals surface area contributed by atoms with Crippen LogP contribution in [0.4, 0.5) is 0 Å². The van der Waals surface area contributed by atoms with Crippen LogP contribution in [-0.4, -0.2) is 6.52 Å². The zero-order valence-electron chi connectivity index (χ0n) is 9.02. The van der Waals surface area contributed by atoms with Gasteiger partial charge in [0.2, 0.25) is 0 Å². The zero-order chi connectivity index (χ0) is 9.46. The highest BCUT2D eigenvalue weighted by Gasteiger charge is 1.73. The summed E-state index contributed by atoms with van der Waals surface area (Å²) in [4.78, 5) is 0. The molecule has 1 rings (SSSR count). The van der Waals surface area contributed by atoms with E-state index in [1.165, 1.54) is 0 Å². The highest BCUT2D eigenvalue weighted by atomic mass is 14.8. The lowest BCUT2D eigenvalue weighted by Crippen LogP contribution is -2.05. The molecule has 6 heavy (non-hydrogen) atoms. The summed E-state index contributed by atoms with van der Waals surface area (Å²) in [5.74, 6) is 0. The Morgan fingerprint density at radius 2 is 3.00 bits per heavy atom. The third-order valence-electron chi connectivity index (χ3n) is 0.384. The molecule has 0 aromatic rings. The molecule has 0 saturated heterocycles. The molecule has 0 aliphatic carbocycles. The second kappa shape index (κ2) is 1.65. The Hall–Kier alpha value is -0.720. The topological polar surface area (TPSA) is 12.0 Å². The molecule has 1 nitrogen and oxygen atoms in total. The summed E-state index contributed by atoms with van der Waals surface area (Å²) in [6, 6.07) is -1.33. The van der Waals surface area contributed by atoms with Crippen molar-refractivity contribution in [2.75, 3.05) is 6.52 Å². The molecule has 0 fully saturated rings. The van der Waals surface area contributed by atoms with Gasteiger partial charge in [0.15, 0.2) is 1.41 Å². The highest BCUT2D eigenvalue weighted by molar-refractivity contribution is 5.06. The van der Waals surface area contributed by atoms with Gasteiger partial charge in [-0.15, -0.1) is 0 Å². The average Bonchev–Trinajstić information content (AvgIpc) is 2.08. The van der Waals surface area contributed by atoms with E-state index in [0.29, 0.717) is 5.31 Å². The molecule has 1 N–H and O–H groups in total. The Morgan fingerprint density at radius 3 is 4.00 bits per heavy atom. The van der Waals surface area contributed by atoms with Crippen LogP contribution in [0.25, 0.3) is 0 Å². The molecule has 0 saturated carbocycles. The van der Waals surface area contributed by atoms with Crippen LogP contribution in [-0.2, 0) is 0 Å². The fourth-order valence-corrected chi connectivity index (χ4v) is 0.193. The zero-order valence-corrected chi connectivity index (χ0v) is 3.02. The molecule has 1 heterocycles. The first-order valence-electron chi connectivity index (χ1n) is 4.55. The minimum atomic E-state index is -1.35. The van der Waals surface area contributed by atoms with Gasteiger partial charge in [-0.2, -0.15) is 0 Å². The SMILES string of the molecule is [2H]C1=C([2H])C([2H])N([2H])C([2H])=C1[2H]. The van der Waals surface area contributed by atoms with E-state index in [-0.39, 0.29) is 0 Å². The van der Waals surface area contributed by atoms with Crippen LogP contribution >= 0.6 is 0 Å². The van der Waals surface area contributed by atoms with Crippen LogP contribution in [0.1, 0.15) is 6.85 Å². The van der Waals surface area contributed by atoms with E-state index in [9.17, 15) is 0 Å². The van der Waals surface area contributed by atoms with Gasteiger partial charge < -0.3 is 5.31 Å². The number of nitrogens with one attached hydrogen (secondary N) is 1. The molecule has 1 heteroatoms. The van der Waals surface area contributed by atoms with Crippen molar-refractivity contribution in [3.05, 3.63) is 24.3 Å². The number of allylic oxidation sites excluding steroid dienone is 2. The van der Waals surface area contributed by atoms with Crippen molar-refractivity contribution in [2.45, 2.75) is 0 Å². The summed E-state index contributed by atoms with van der Waals surface area (Å²) in [7, 11) is 0. The largest absolute Gasteiger partial charge is 0.387 e. The molecular formula is C5H7N. The Kier molecular flexibility index (Phi) is 0.209. The maximum Gasteiger partial charge on any atom is 0.160 e. The van der Waals surface area contributed by atoms with Crippen LogP contribution in [0.15, 0.2) is 24.3 Å². The molecule has 0 radical (unpaired) electrons. The predicted molar refractivity (Wildman–Crippen MR) is 26.3 cm³/mol. The minimum absolute atomic E-state index is 0.411. The lowest BCUT2D eigenvalue weighted by Gasteiger charge is -1.94. The van der Waals surface area contributed by atoms with E-state index in [2.05, 4.69) is 0 Å². The highest BCUT2D eigenvalue weighted by Crippen LogP contribution is 1.78. The molecule has 1 atom stereocenters. The third kappa shape index (κ3) is 0.612. The lowest BCUT2D eigenvalue weighted by molar-refractivity contribution is 0.972. The number of rotatable bonds is 0. The number of hydrogen-bond donors (Lipinski definition) is 1. The monoisotopic (exact) mass is 87.1 g/mol. The maximum absolute atomic E-state index is 7.17. The molecule has 0 spiro atoms. The van der Waals surface area contributed by atoms with Gasteiger partial charge in [0, 0.05) is 6.52 Å². The van der Waals surface area contributed by atoms with E-state index in [1.54, 1.807) is 0 Å². The smallest absolute Gasteiger partial charge is 0.160 e. The van der Waals surface area contributed by atoms with Gasteiger partial charge in [-0.05, 0) is 12.2 Å². The van der Waals surface area contributed by atoms with Crippen molar-refractivity contribution >= 4 is 0 Å². The first-order chi connectivity index (χ1) is 5.46. The summed E-state index contributed by atoms with van der Waals surface area (Å²) < 4.78 is 42.7. The molecule has 0 aromatic heterocycles. The summed E-state index contributed by atoms with van der Waals surface area (Å²) in [5.41, 5.74) is 0. The summed E-state index contributed by atoms with van der Waals surface area (Å²) in [5, 5.41) is 0.433.